The lowest BCUT2D eigenvalue weighted by atomic mass is 10.1. The number of aliphatic hydroxyl groups excluding tert-OH is 1. The highest BCUT2D eigenvalue weighted by atomic mass is 79.9. The van der Waals surface area contributed by atoms with Crippen molar-refractivity contribution in [3.8, 4) is 0 Å². The van der Waals surface area contributed by atoms with Crippen LogP contribution in [0.25, 0.3) is 0 Å². The normalized spacial score (nSPS) is 17.2. The third kappa shape index (κ3) is 2.90. The molecule has 0 aliphatic heterocycles. The maximum Gasteiger partial charge on any atom is 0.168 e. The molecule has 18 heavy (non-hydrogen) atoms. The van der Waals surface area contributed by atoms with E-state index in [0.29, 0.717) is 10.6 Å². The Balaban J connectivity index is 3.21. The van der Waals surface area contributed by atoms with Crippen molar-refractivity contribution in [2.24, 2.45) is 0 Å². The number of hydrogen-bond acceptors (Lipinski definition) is 3. The van der Waals surface area contributed by atoms with Crippen molar-refractivity contribution in [1.29, 1.82) is 0 Å². The van der Waals surface area contributed by atoms with Gasteiger partial charge in [-0.2, -0.15) is 0 Å². The number of hydrogen-bond donors (Lipinski definition) is 1. The number of halogens is 2. The predicted molar refractivity (Wildman–Crippen MR) is 77.8 cm³/mol. The number of alkyl halides is 1. The maximum absolute atomic E-state index is 12.1. The first-order valence-electron chi connectivity index (χ1n) is 5.63. The van der Waals surface area contributed by atoms with Crippen LogP contribution in [0.5, 0.6) is 0 Å². The smallest absolute Gasteiger partial charge is 0.168 e. The Morgan fingerprint density at radius 2 is 1.83 bits per heavy atom. The lowest BCUT2D eigenvalue weighted by Gasteiger charge is -2.31. The molecule has 0 spiro atoms. The van der Waals surface area contributed by atoms with Gasteiger partial charge in [-0.3, -0.25) is 0 Å². The van der Waals surface area contributed by atoms with Gasteiger partial charge in [0, 0.05) is 10.8 Å². The molecule has 2 unspecified atom stereocenters. The van der Waals surface area contributed by atoms with E-state index in [1.165, 1.54) is 0 Å². The fourth-order valence-electron chi connectivity index (χ4n) is 1.72. The number of sulfone groups is 1. The van der Waals surface area contributed by atoms with Crippen LogP contribution in [-0.2, 0) is 9.84 Å². The van der Waals surface area contributed by atoms with Gasteiger partial charge in [0.2, 0.25) is 0 Å². The van der Waals surface area contributed by atoms with Gasteiger partial charge in [-0.15, -0.1) is 0 Å². The Labute approximate surface area is 121 Å². The van der Waals surface area contributed by atoms with Crippen LogP contribution in [0.1, 0.15) is 31.9 Å². The first-order chi connectivity index (χ1) is 8.28. The molecule has 0 aliphatic carbocycles. The summed E-state index contributed by atoms with van der Waals surface area (Å²) in [5.74, 6) is -0.0310. The second kappa shape index (κ2) is 5.90. The molecule has 1 N–H and O–H groups in total. The zero-order valence-corrected chi connectivity index (χ0v) is 13.4. The SMILES string of the molecule is CCC(Br)(C(O)c1ccc(Cl)cc1)S(=O)(=O)CC. The summed E-state index contributed by atoms with van der Waals surface area (Å²) in [7, 11) is -3.43. The standard InChI is InChI=1S/C12H16BrClO3S/c1-3-12(13,18(16,17)4-2)11(15)9-5-7-10(14)8-6-9/h5-8,11,15H,3-4H2,1-2H3. The topological polar surface area (TPSA) is 54.4 Å². The van der Waals surface area contributed by atoms with Crippen LogP contribution in [0.2, 0.25) is 5.02 Å². The molecule has 0 radical (unpaired) electrons. The quantitative estimate of drug-likeness (QED) is 0.824. The fourth-order valence-corrected chi connectivity index (χ4v) is 4.19. The number of rotatable bonds is 5. The van der Waals surface area contributed by atoms with Crippen molar-refractivity contribution in [1.82, 2.24) is 0 Å². The lowest BCUT2D eigenvalue weighted by Crippen LogP contribution is -2.39. The van der Waals surface area contributed by atoms with Crippen LogP contribution in [0, 0.1) is 0 Å². The van der Waals surface area contributed by atoms with Gasteiger partial charge < -0.3 is 5.11 Å². The Morgan fingerprint density at radius 3 is 2.22 bits per heavy atom. The van der Waals surface area contributed by atoms with Crippen molar-refractivity contribution in [2.45, 2.75) is 30.0 Å². The second-order valence-electron chi connectivity index (χ2n) is 4.00. The van der Waals surface area contributed by atoms with Crippen LogP contribution in [0.15, 0.2) is 24.3 Å². The third-order valence-corrected chi connectivity index (χ3v) is 8.01. The van der Waals surface area contributed by atoms with Crippen molar-refractivity contribution in [2.75, 3.05) is 5.75 Å². The zero-order valence-electron chi connectivity index (χ0n) is 10.2. The van der Waals surface area contributed by atoms with Crippen LogP contribution in [0.3, 0.4) is 0 Å². The molecule has 0 bridgehead atoms. The Morgan fingerprint density at radius 1 is 1.33 bits per heavy atom. The largest absolute Gasteiger partial charge is 0.386 e. The maximum atomic E-state index is 12.1. The summed E-state index contributed by atoms with van der Waals surface area (Å²) < 4.78 is 22.8. The minimum Gasteiger partial charge on any atom is -0.386 e. The Hall–Kier alpha value is -0.100. The summed E-state index contributed by atoms with van der Waals surface area (Å²) in [6.07, 6.45) is -0.864. The molecule has 0 amide bonds. The summed E-state index contributed by atoms with van der Waals surface area (Å²) in [5, 5.41) is 10.9. The number of benzene rings is 1. The van der Waals surface area contributed by atoms with Gasteiger partial charge >= 0.3 is 0 Å². The van der Waals surface area contributed by atoms with Crippen molar-refractivity contribution >= 4 is 37.4 Å². The molecule has 6 heteroatoms. The minimum absolute atomic E-state index is 0.0310. The molecule has 3 nitrogen and oxygen atoms in total. The van der Waals surface area contributed by atoms with Gasteiger partial charge in [-0.05, 0) is 24.1 Å². The first-order valence-corrected chi connectivity index (χ1v) is 8.45. The highest BCUT2D eigenvalue weighted by Gasteiger charge is 2.45. The average Bonchev–Trinajstić information content (AvgIpc) is 2.37. The number of aliphatic hydroxyl groups is 1. The van der Waals surface area contributed by atoms with Gasteiger partial charge in [-0.1, -0.05) is 53.5 Å². The van der Waals surface area contributed by atoms with E-state index < -0.39 is 19.6 Å². The monoisotopic (exact) mass is 354 g/mol. The summed E-state index contributed by atoms with van der Waals surface area (Å²) >= 11 is 8.99. The summed E-state index contributed by atoms with van der Waals surface area (Å²) in [4.78, 5) is 0. The summed E-state index contributed by atoms with van der Waals surface area (Å²) in [5.41, 5.74) is 0.523. The minimum atomic E-state index is -3.43. The second-order valence-corrected chi connectivity index (χ2v) is 8.91. The van der Waals surface area contributed by atoms with E-state index in [9.17, 15) is 13.5 Å². The van der Waals surface area contributed by atoms with Crippen LogP contribution < -0.4 is 0 Å². The van der Waals surface area contributed by atoms with Gasteiger partial charge in [-0.25, -0.2) is 8.42 Å². The molecule has 0 aromatic heterocycles. The van der Waals surface area contributed by atoms with E-state index in [1.807, 2.05) is 0 Å². The van der Waals surface area contributed by atoms with E-state index in [4.69, 9.17) is 11.6 Å². The molecule has 0 aliphatic rings. The molecule has 1 aromatic rings. The summed E-state index contributed by atoms with van der Waals surface area (Å²) in [6.45, 7) is 3.29. The average molecular weight is 356 g/mol. The van der Waals surface area contributed by atoms with E-state index in [1.54, 1.807) is 38.1 Å². The highest BCUT2D eigenvalue weighted by Crippen LogP contribution is 2.42. The molecular formula is C12H16BrClO3S. The molecule has 1 rings (SSSR count). The molecular weight excluding hydrogens is 340 g/mol. The van der Waals surface area contributed by atoms with E-state index in [-0.39, 0.29) is 12.2 Å². The van der Waals surface area contributed by atoms with Crippen LogP contribution in [-0.4, -0.2) is 22.9 Å². The fraction of sp³-hybridized carbons (Fsp3) is 0.500. The van der Waals surface area contributed by atoms with Crippen molar-refractivity contribution < 1.29 is 13.5 Å². The van der Waals surface area contributed by atoms with Gasteiger partial charge in [0.15, 0.2) is 13.5 Å². The third-order valence-electron chi connectivity index (χ3n) is 2.97. The zero-order chi connectivity index (χ0) is 14.0. The van der Waals surface area contributed by atoms with Gasteiger partial charge in [0.25, 0.3) is 0 Å². The first kappa shape index (κ1) is 16.0. The van der Waals surface area contributed by atoms with Crippen LogP contribution in [0.4, 0.5) is 0 Å². The van der Waals surface area contributed by atoms with Gasteiger partial charge in [0.05, 0.1) is 0 Å². The summed E-state index contributed by atoms with van der Waals surface area (Å²) in [6, 6.07) is 6.51. The molecule has 1 aromatic carbocycles. The van der Waals surface area contributed by atoms with Crippen molar-refractivity contribution in [3.05, 3.63) is 34.9 Å². The highest BCUT2D eigenvalue weighted by molar-refractivity contribution is 9.11. The van der Waals surface area contributed by atoms with E-state index in [2.05, 4.69) is 15.9 Å². The van der Waals surface area contributed by atoms with E-state index >= 15 is 0 Å². The molecule has 2 atom stereocenters. The van der Waals surface area contributed by atoms with Crippen molar-refractivity contribution in [3.63, 3.8) is 0 Å². The molecule has 0 saturated heterocycles. The van der Waals surface area contributed by atoms with Crippen LogP contribution >= 0.6 is 27.5 Å². The Bertz CT molecular complexity index is 501. The lowest BCUT2D eigenvalue weighted by molar-refractivity contribution is 0.160. The molecule has 0 heterocycles. The molecule has 0 fully saturated rings. The van der Waals surface area contributed by atoms with Gasteiger partial charge in [0.1, 0.15) is 6.10 Å². The molecule has 0 saturated carbocycles. The van der Waals surface area contributed by atoms with E-state index in [0.717, 1.165) is 0 Å². The molecule has 102 valence electrons. The Kier molecular flexibility index (Phi) is 5.23. The predicted octanol–water partition coefficient (Wildman–Crippen LogP) is 3.31.